The third-order valence-corrected chi connectivity index (χ3v) is 6.97. The van der Waals surface area contributed by atoms with Gasteiger partial charge in [0.2, 0.25) is 5.91 Å². The highest BCUT2D eigenvalue weighted by molar-refractivity contribution is 7.85. The molecular weight excluding hydrogens is 398 g/mol. The Bertz CT molecular complexity index is 713. The first kappa shape index (κ1) is 22.7. The van der Waals surface area contributed by atoms with Gasteiger partial charge in [-0.05, 0) is 38.3 Å². The molecule has 30 heavy (non-hydrogen) atoms. The molecule has 2 aliphatic rings. The van der Waals surface area contributed by atoms with Gasteiger partial charge in [-0.1, -0.05) is 18.2 Å². The van der Waals surface area contributed by atoms with Crippen molar-refractivity contribution >= 4 is 22.7 Å². The van der Waals surface area contributed by atoms with Gasteiger partial charge in [-0.15, -0.1) is 0 Å². The van der Waals surface area contributed by atoms with E-state index >= 15 is 0 Å². The second-order valence-electron chi connectivity index (χ2n) is 7.80. The quantitative estimate of drug-likeness (QED) is 0.520. The van der Waals surface area contributed by atoms with E-state index in [0.717, 1.165) is 69.5 Å². The average Bonchev–Trinajstić information content (AvgIpc) is 2.80. The predicted molar refractivity (Wildman–Crippen MR) is 122 cm³/mol. The van der Waals surface area contributed by atoms with Crippen molar-refractivity contribution in [2.45, 2.75) is 31.1 Å². The number of carbonyl (C=O) groups excluding carboxylic acids is 1. The number of nitrogens with zero attached hydrogens (tertiary/aromatic N) is 4. The van der Waals surface area contributed by atoms with Crippen LogP contribution in [0.1, 0.15) is 26.2 Å². The maximum absolute atomic E-state index is 12.5. The fourth-order valence-corrected chi connectivity index (χ4v) is 4.86. The zero-order chi connectivity index (χ0) is 21.2. The van der Waals surface area contributed by atoms with Crippen molar-refractivity contribution in [1.29, 1.82) is 0 Å². The van der Waals surface area contributed by atoms with Crippen LogP contribution < -0.4 is 5.32 Å². The Kier molecular flexibility index (Phi) is 9.14. The number of piperidine rings is 1. The first-order valence-electron chi connectivity index (χ1n) is 11.1. The number of aliphatic imine (C=N–C) groups is 1. The summed E-state index contributed by atoms with van der Waals surface area (Å²) >= 11 is 0. The normalized spacial score (nSPS) is 19.6. The molecule has 0 aliphatic carbocycles. The van der Waals surface area contributed by atoms with Crippen molar-refractivity contribution in [3.63, 3.8) is 0 Å². The second-order valence-corrected chi connectivity index (χ2v) is 9.37. The van der Waals surface area contributed by atoms with Crippen LogP contribution in [0.2, 0.25) is 0 Å². The van der Waals surface area contributed by atoms with Crippen LogP contribution in [0.5, 0.6) is 0 Å². The first-order valence-corrected chi connectivity index (χ1v) is 12.5. The minimum Gasteiger partial charge on any atom is -0.357 e. The van der Waals surface area contributed by atoms with Crippen LogP contribution in [0.4, 0.5) is 0 Å². The predicted octanol–water partition coefficient (Wildman–Crippen LogP) is 1.39. The summed E-state index contributed by atoms with van der Waals surface area (Å²) in [5.74, 6) is 1.67. The number of amides is 1. The first-order chi connectivity index (χ1) is 14.7. The maximum Gasteiger partial charge on any atom is 0.236 e. The summed E-state index contributed by atoms with van der Waals surface area (Å²) in [6, 6.07) is 9.55. The standard InChI is InChI=1S/C22H35N5O2S/c1-2-23-22(24-11-18-30(29)20-9-5-3-6-10-20)27-16-14-25(15-17-27)19-21(28)26-12-7-4-8-13-26/h3,5-6,9-10H,2,4,7-8,11-19H2,1H3,(H,23,24). The van der Waals surface area contributed by atoms with Crippen LogP contribution in [0, 0.1) is 0 Å². The minimum atomic E-state index is -1.03. The molecule has 0 radical (unpaired) electrons. The van der Waals surface area contributed by atoms with Gasteiger partial charge in [0.1, 0.15) is 0 Å². The van der Waals surface area contributed by atoms with E-state index in [-0.39, 0.29) is 5.91 Å². The highest BCUT2D eigenvalue weighted by atomic mass is 32.2. The summed E-state index contributed by atoms with van der Waals surface area (Å²) < 4.78 is 12.4. The largest absolute Gasteiger partial charge is 0.357 e. The number of carbonyl (C=O) groups is 1. The minimum absolute atomic E-state index is 0.270. The summed E-state index contributed by atoms with van der Waals surface area (Å²) in [4.78, 5) is 24.6. The van der Waals surface area contributed by atoms with Crippen LogP contribution in [0.25, 0.3) is 0 Å². The summed E-state index contributed by atoms with van der Waals surface area (Å²) in [5.41, 5.74) is 0. The molecule has 1 atom stereocenters. The molecule has 2 fully saturated rings. The Labute approximate surface area is 183 Å². The molecule has 1 aromatic carbocycles. The van der Waals surface area contributed by atoms with Crippen LogP contribution in [-0.2, 0) is 15.6 Å². The van der Waals surface area contributed by atoms with Crippen molar-refractivity contribution in [1.82, 2.24) is 20.0 Å². The SMILES string of the molecule is CCNC(=NCCS(=O)c1ccccc1)N1CCN(CC(=O)N2CCCCC2)CC1. The molecule has 2 saturated heterocycles. The van der Waals surface area contributed by atoms with Gasteiger partial charge in [-0.3, -0.25) is 18.9 Å². The van der Waals surface area contributed by atoms with Crippen LogP contribution >= 0.6 is 0 Å². The molecule has 1 aromatic rings. The van der Waals surface area contributed by atoms with Crippen molar-refractivity contribution in [2.75, 3.05) is 64.7 Å². The van der Waals surface area contributed by atoms with E-state index in [2.05, 4.69) is 22.0 Å². The molecule has 2 heterocycles. The van der Waals surface area contributed by atoms with E-state index in [1.54, 1.807) is 0 Å². The van der Waals surface area contributed by atoms with Gasteiger partial charge in [0.15, 0.2) is 5.96 Å². The van der Waals surface area contributed by atoms with Crippen molar-refractivity contribution < 1.29 is 9.00 Å². The van der Waals surface area contributed by atoms with E-state index in [1.807, 2.05) is 35.2 Å². The molecule has 8 heteroatoms. The molecule has 1 unspecified atom stereocenters. The summed E-state index contributed by atoms with van der Waals surface area (Å²) in [6.45, 7) is 9.16. The van der Waals surface area contributed by atoms with Crippen molar-refractivity contribution in [3.8, 4) is 0 Å². The molecule has 1 amide bonds. The number of rotatable bonds is 7. The molecule has 2 aliphatic heterocycles. The number of guanidine groups is 1. The monoisotopic (exact) mass is 433 g/mol. The van der Waals surface area contributed by atoms with Gasteiger partial charge < -0.3 is 15.1 Å². The Balaban J connectivity index is 1.45. The number of benzene rings is 1. The van der Waals surface area contributed by atoms with Crippen molar-refractivity contribution in [3.05, 3.63) is 30.3 Å². The smallest absolute Gasteiger partial charge is 0.236 e. The summed E-state index contributed by atoms with van der Waals surface area (Å²) in [7, 11) is -1.03. The van der Waals surface area contributed by atoms with E-state index in [4.69, 9.17) is 4.99 Å². The lowest BCUT2D eigenvalue weighted by Gasteiger charge is -2.37. The van der Waals surface area contributed by atoms with Crippen molar-refractivity contribution in [2.24, 2.45) is 4.99 Å². The van der Waals surface area contributed by atoms with Gasteiger partial charge >= 0.3 is 0 Å². The Morgan fingerprint density at radius 1 is 1.00 bits per heavy atom. The fourth-order valence-electron chi connectivity index (χ4n) is 3.90. The van der Waals surface area contributed by atoms with E-state index in [0.29, 0.717) is 18.8 Å². The van der Waals surface area contributed by atoms with Gasteiger partial charge in [0.25, 0.3) is 0 Å². The average molecular weight is 434 g/mol. The molecule has 3 rings (SSSR count). The summed E-state index contributed by atoms with van der Waals surface area (Å²) in [5, 5.41) is 3.36. The van der Waals surface area contributed by atoms with Crippen LogP contribution in [-0.4, -0.2) is 95.4 Å². The maximum atomic E-state index is 12.5. The van der Waals surface area contributed by atoms with Gasteiger partial charge in [-0.2, -0.15) is 0 Å². The van der Waals surface area contributed by atoms with Crippen LogP contribution in [0.15, 0.2) is 40.2 Å². The molecule has 0 aromatic heterocycles. The van der Waals surface area contributed by atoms with Gasteiger partial charge in [0, 0.05) is 56.5 Å². The zero-order valence-corrected chi connectivity index (χ0v) is 18.9. The molecule has 7 nitrogen and oxygen atoms in total. The molecule has 0 saturated carbocycles. The lowest BCUT2D eigenvalue weighted by atomic mass is 10.1. The fraction of sp³-hybridized carbons (Fsp3) is 0.636. The van der Waals surface area contributed by atoms with Crippen LogP contribution in [0.3, 0.4) is 0 Å². The van der Waals surface area contributed by atoms with Gasteiger partial charge in [-0.25, -0.2) is 0 Å². The second kappa shape index (κ2) is 12.1. The number of hydrogen-bond acceptors (Lipinski definition) is 4. The number of piperazine rings is 1. The molecule has 1 N–H and O–H groups in total. The summed E-state index contributed by atoms with van der Waals surface area (Å²) in [6.07, 6.45) is 3.52. The number of hydrogen-bond donors (Lipinski definition) is 1. The highest BCUT2D eigenvalue weighted by Gasteiger charge is 2.24. The number of nitrogens with one attached hydrogen (secondary N) is 1. The van der Waals surface area contributed by atoms with Gasteiger partial charge in [0.05, 0.1) is 23.9 Å². The van der Waals surface area contributed by atoms with E-state index < -0.39 is 10.8 Å². The number of likely N-dealkylation sites (tertiary alicyclic amines) is 1. The Morgan fingerprint density at radius 2 is 1.70 bits per heavy atom. The zero-order valence-electron chi connectivity index (χ0n) is 18.1. The molecule has 0 bridgehead atoms. The lowest BCUT2D eigenvalue weighted by Crippen LogP contribution is -2.54. The van der Waals surface area contributed by atoms with E-state index in [1.165, 1.54) is 6.42 Å². The topological polar surface area (TPSA) is 68.2 Å². The van der Waals surface area contributed by atoms with E-state index in [9.17, 15) is 9.00 Å². The Morgan fingerprint density at radius 3 is 2.37 bits per heavy atom. The highest BCUT2D eigenvalue weighted by Crippen LogP contribution is 2.10. The lowest BCUT2D eigenvalue weighted by molar-refractivity contribution is -0.133. The molecule has 0 spiro atoms. The third-order valence-electron chi connectivity index (χ3n) is 5.62. The Hall–Kier alpha value is -1.93. The molecular formula is C22H35N5O2S. The third kappa shape index (κ3) is 6.80. The molecule has 166 valence electrons.